The van der Waals surface area contributed by atoms with Crippen molar-refractivity contribution in [3.8, 4) is 5.75 Å². The van der Waals surface area contributed by atoms with E-state index in [1.165, 1.54) is 11.1 Å². The third-order valence-corrected chi connectivity index (χ3v) is 4.03. The number of methoxy groups -OCH3 is 1. The summed E-state index contributed by atoms with van der Waals surface area (Å²) in [6, 6.07) is 6.96. The molecule has 0 bridgehead atoms. The SMILES string of the molecule is COc1ccc(C)cc1CN1CC(C)NCC1(C)C. The van der Waals surface area contributed by atoms with Crippen LogP contribution >= 0.6 is 0 Å². The first-order valence-corrected chi connectivity index (χ1v) is 7.04. The smallest absolute Gasteiger partial charge is 0.123 e. The van der Waals surface area contributed by atoms with Gasteiger partial charge in [0.05, 0.1) is 7.11 Å². The van der Waals surface area contributed by atoms with Crippen LogP contribution in [0.3, 0.4) is 0 Å². The summed E-state index contributed by atoms with van der Waals surface area (Å²) in [5.74, 6) is 0.993. The molecule has 3 nitrogen and oxygen atoms in total. The molecule has 0 radical (unpaired) electrons. The molecule has 1 N–H and O–H groups in total. The number of piperazine rings is 1. The van der Waals surface area contributed by atoms with Gasteiger partial charge in [0.2, 0.25) is 0 Å². The van der Waals surface area contributed by atoms with Crippen molar-refractivity contribution in [2.75, 3.05) is 20.2 Å². The first kappa shape index (κ1) is 14.4. The summed E-state index contributed by atoms with van der Waals surface area (Å²) < 4.78 is 5.49. The molecule has 106 valence electrons. The topological polar surface area (TPSA) is 24.5 Å². The number of hydrogen-bond acceptors (Lipinski definition) is 3. The molecular formula is C16H26N2O. The summed E-state index contributed by atoms with van der Waals surface area (Å²) in [5.41, 5.74) is 2.75. The van der Waals surface area contributed by atoms with Gasteiger partial charge in [0.25, 0.3) is 0 Å². The van der Waals surface area contributed by atoms with Crippen LogP contribution < -0.4 is 10.1 Å². The lowest BCUT2D eigenvalue weighted by atomic mass is 9.96. The summed E-state index contributed by atoms with van der Waals surface area (Å²) in [6.45, 7) is 12.0. The van der Waals surface area contributed by atoms with Crippen LogP contribution in [-0.4, -0.2) is 36.7 Å². The number of hydrogen-bond donors (Lipinski definition) is 1. The highest BCUT2D eigenvalue weighted by molar-refractivity contribution is 5.37. The zero-order valence-corrected chi connectivity index (χ0v) is 12.8. The Kier molecular flexibility index (Phi) is 4.16. The van der Waals surface area contributed by atoms with Gasteiger partial charge in [-0.05, 0) is 33.8 Å². The molecule has 19 heavy (non-hydrogen) atoms. The number of nitrogens with zero attached hydrogens (tertiary/aromatic N) is 1. The molecule has 1 unspecified atom stereocenters. The van der Waals surface area contributed by atoms with Crippen LogP contribution in [0.15, 0.2) is 18.2 Å². The average Bonchev–Trinajstić information content (AvgIpc) is 2.35. The third kappa shape index (κ3) is 3.28. The minimum absolute atomic E-state index is 0.182. The zero-order chi connectivity index (χ0) is 14.0. The molecule has 1 heterocycles. The predicted octanol–water partition coefficient (Wildman–Crippen LogP) is 2.58. The van der Waals surface area contributed by atoms with Gasteiger partial charge in [0.15, 0.2) is 0 Å². The Morgan fingerprint density at radius 2 is 2.16 bits per heavy atom. The summed E-state index contributed by atoms with van der Waals surface area (Å²) in [4.78, 5) is 2.55. The summed E-state index contributed by atoms with van der Waals surface area (Å²) >= 11 is 0. The Balaban J connectivity index is 2.21. The molecule has 1 aliphatic heterocycles. The maximum atomic E-state index is 5.49. The molecule has 0 saturated carbocycles. The number of rotatable bonds is 3. The second kappa shape index (κ2) is 5.51. The molecule has 3 heteroatoms. The molecule has 1 aromatic rings. The summed E-state index contributed by atoms with van der Waals surface area (Å²) in [6.07, 6.45) is 0. The Morgan fingerprint density at radius 3 is 2.84 bits per heavy atom. The molecular weight excluding hydrogens is 236 g/mol. The van der Waals surface area contributed by atoms with Crippen LogP contribution in [0.2, 0.25) is 0 Å². The van der Waals surface area contributed by atoms with E-state index in [1.807, 2.05) is 0 Å². The van der Waals surface area contributed by atoms with E-state index in [1.54, 1.807) is 7.11 Å². The summed E-state index contributed by atoms with van der Waals surface area (Å²) in [5, 5.41) is 3.56. The highest BCUT2D eigenvalue weighted by Crippen LogP contribution is 2.26. The number of nitrogens with one attached hydrogen (secondary N) is 1. The van der Waals surface area contributed by atoms with Crippen LogP contribution in [0.5, 0.6) is 5.75 Å². The van der Waals surface area contributed by atoms with E-state index < -0.39 is 0 Å². The van der Waals surface area contributed by atoms with Crippen molar-refractivity contribution in [1.82, 2.24) is 10.2 Å². The van der Waals surface area contributed by atoms with Gasteiger partial charge in [-0.15, -0.1) is 0 Å². The minimum atomic E-state index is 0.182. The van der Waals surface area contributed by atoms with E-state index in [4.69, 9.17) is 4.74 Å². The van der Waals surface area contributed by atoms with Gasteiger partial charge in [0, 0.05) is 36.8 Å². The third-order valence-electron chi connectivity index (χ3n) is 4.03. The fraction of sp³-hybridized carbons (Fsp3) is 0.625. The zero-order valence-electron chi connectivity index (χ0n) is 12.8. The van der Waals surface area contributed by atoms with Crippen LogP contribution in [0.4, 0.5) is 0 Å². The molecule has 0 amide bonds. The van der Waals surface area contributed by atoms with E-state index in [-0.39, 0.29) is 5.54 Å². The highest BCUT2D eigenvalue weighted by Gasteiger charge is 2.32. The lowest BCUT2D eigenvalue weighted by Gasteiger charge is -2.45. The Labute approximate surface area is 116 Å². The van der Waals surface area contributed by atoms with Gasteiger partial charge in [-0.3, -0.25) is 4.90 Å². The number of benzene rings is 1. The minimum Gasteiger partial charge on any atom is -0.496 e. The second-order valence-electron chi connectivity index (χ2n) is 6.29. The molecule has 2 rings (SSSR count). The van der Waals surface area contributed by atoms with Crippen molar-refractivity contribution in [1.29, 1.82) is 0 Å². The molecule has 1 fully saturated rings. The predicted molar refractivity (Wildman–Crippen MR) is 79.7 cm³/mol. The largest absolute Gasteiger partial charge is 0.496 e. The van der Waals surface area contributed by atoms with Crippen molar-refractivity contribution in [2.45, 2.75) is 45.8 Å². The Bertz CT molecular complexity index is 442. The van der Waals surface area contributed by atoms with Gasteiger partial charge in [-0.25, -0.2) is 0 Å². The fourth-order valence-corrected chi connectivity index (χ4v) is 2.69. The molecule has 1 aromatic carbocycles. The van der Waals surface area contributed by atoms with E-state index in [2.05, 4.69) is 56.1 Å². The van der Waals surface area contributed by atoms with Gasteiger partial charge >= 0.3 is 0 Å². The van der Waals surface area contributed by atoms with Crippen LogP contribution in [-0.2, 0) is 6.54 Å². The van der Waals surface area contributed by atoms with Crippen molar-refractivity contribution in [3.05, 3.63) is 29.3 Å². The van der Waals surface area contributed by atoms with Crippen LogP contribution in [0.1, 0.15) is 31.9 Å². The quantitative estimate of drug-likeness (QED) is 0.906. The van der Waals surface area contributed by atoms with Crippen molar-refractivity contribution < 1.29 is 4.74 Å². The molecule has 0 aliphatic carbocycles. The molecule has 1 saturated heterocycles. The standard InChI is InChI=1S/C16H26N2O/c1-12-6-7-15(19-5)14(8-12)10-18-9-13(2)17-11-16(18,3)4/h6-8,13,17H,9-11H2,1-5H3. The second-order valence-corrected chi connectivity index (χ2v) is 6.29. The maximum Gasteiger partial charge on any atom is 0.123 e. The van der Waals surface area contributed by atoms with Crippen molar-refractivity contribution in [3.63, 3.8) is 0 Å². The molecule has 1 atom stereocenters. The van der Waals surface area contributed by atoms with Gasteiger partial charge < -0.3 is 10.1 Å². The average molecular weight is 262 g/mol. The van der Waals surface area contributed by atoms with E-state index in [9.17, 15) is 0 Å². The van der Waals surface area contributed by atoms with E-state index >= 15 is 0 Å². The molecule has 0 aromatic heterocycles. The monoisotopic (exact) mass is 262 g/mol. The fourth-order valence-electron chi connectivity index (χ4n) is 2.69. The Hall–Kier alpha value is -1.06. The number of ether oxygens (including phenoxy) is 1. The van der Waals surface area contributed by atoms with Gasteiger partial charge in [0.1, 0.15) is 5.75 Å². The summed E-state index contributed by atoms with van der Waals surface area (Å²) in [7, 11) is 1.75. The number of aryl methyl sites for hydroxylation is 1. The van der Waals surface area contributed by atoms with Crippen molar-refractivity contribution >= 4 is 0 Å². The van der Waals surface area contributed by atoms with Crippen molar-refractivity contribution in [2.24, 2.45) is 0 Å². The Morgan fingerprint density at radius 1 is 1.42 bits per heavy atom. The normalized spacial score (nSPS) is 23.3. The highest BCUT2D eigenvalue weighted by atomic mass is 16.5. The maximum absolute atomic E-state index is 5.49. The first-order valence-electron chi connectivity index (χ1n) is 7.04. The van der Waals surface area contributed by atoms with Gasteiger partial charge in [-0.2, -0.15) is 0 Å². The van der Waals surface area contributed by atoms with Crippen LogP contribution in [0, 0.1) is 6.92 Å². The van der Waals surface area contributed by atoms with Crippen LogP contribution in [0.25, 0.3) is 0 Å². The van der Waals surface area contributed by atoms with E-state index in [0.717, 1.165) is 25.4 Å². The molecule has 0 spiro atoms. The molecule has 1 aliphatic rings. The lowest BCUT2D eigenvalue weighted by molar-refractivity contribution is 0.0619. The lowest BCUT2D eigenvalue weighted by Crippen LogP contribution is -2.60. The first-order chi connectivity index (χ1) is 8.92. The van der Waals surface area contributed by atoms with E-state index in [0.29, 0.717) is 6.04 Å². The van der Waals surface area contributed by atoms with Gasteiger partial charge in [-0.1, -0.05) is 17.7 Å².